The quantitative estimate of drug-likeness (QED) is 0.913. The zero-order chi connectivity index (χ0) is 15.0. The van der Waals surface area contributed by atoms with E-state index in [1.165, 1.54) is 0 Å². The number of alkyl halides is 3. The minimum absolute atomic E-state index is 0.0720. The summed E-state index contributed by atoms with van der Waals surface area (Å²) in [7, 11) is 0. The van der Waals surface area contributed by atoms with Crippen LogP contribution < -0.4 is 11.1 Å². The molecule has 0 radical (unpaired) electrons. The average molecular weight is 294 g/mol. The molecule has 4 nitrogen and oxygen atoms in total. The lowest BCUT2D eigenvalue weighted by Gasteiger charge is -2.10. The molecule has 1 aromatic heterocycles. The van der Waals surface area contributed by atoms with Gasteiger partial charge in [-0.2, -0.15) is 18.2 Å². The Balaban J connectivity index is 1.74. The maximum absolute atomic E-state index is 12.7. The maximum Gasteiger partial charge on any atom is 0.433 e. The van der Waals surface area contributed by atoms with Crippen LogP contribution in [0.25, 0.3) is 0 Å². The Kier molecular flexibility index (Phi) is 3.19. The molecule has 2 unspecified atom stereocenters. The summed E-state index contributed by atoms with van der Waals surface area (Å²) in [5.41, 5.74) is 5.46. The molecule has 110 valence electrons. The Morgan fingerprint density at radius 1 is 1.14 bits per heavy atom. The zero-order valence-electron chi connectivity index (χ0n) is 10.9. The molecule has 7 heteroatoms. The first-order chi connectivity index (χ1) is 9.93. The third kappa shape index (κ3) is 3.07. The van der Waals surface area contributed by atoms with E-state index in [0.717, 1.165) is 18.1 Å². The minimum Gasteiger partial charge on any atom is -0.368 e. The zero-order valence-corrected chi connectivity index (χ0v) is 10.9. The van der Waals surface area contributed by atoms with Crippen LogP contribution in [0.5, 0.6) is 0 Å². The molecule has 1 aliphatic carbocycles. The van der Waals surface area contributed by atoms with Crippen LogP contribution in [0.1, 0.15) is 23.6 Å². The Morgan fingerprint density at radius 2 is 1.86 bits per heavy atom. The van der Waals surface area contributed by atoms with Gasteiger partial charge in [0.15, 0.2) is 5.69 Å². The number of aromatic nitrogens is 2. The van der Waals surface area contributed by atoms with Crippen molar-refractivity contribution in [3.05, 3.63) is 47.7 Å². The van der Waals surface area contributed by atoms with Gasteiger partial charge in [-0.25, -0.2) is 4.98 Å². The van der Waals surface area contributed by atoms with Crippen molar-refractivity contribution < 1.29 is 13.2 Å². The molecule has 0 aliphatic heterocycles. The molecule has 1 aliphatic rings. The van der Waals surface area contributed by atoms with Crippen LogP contribution in [0.4, 0.5) is 24.9 Å². The molecule has 0 bridgehead atoms. The van der Waals surface area contributed by atoms with Crippen molar-refractivity contribution in [3.63, 3.8) is 0 Å². The molecule has 21 heavy (non-hydrogen) atoms. The van der Waals surface area contributed by atoms with Gasteiger partial charge in [-0.1, -0.05) is 30.3 Å². The second kappa shape index (κ2) is 4.91. The molecule has 1 aromatic carbocycles. The highest BCUT2D eigenvalue weighted by molar-refractivity contribution is 5.45. The van der Waals surface area contributed by atoms with Crippen molar-refractivity contribution in [2.45, 2.75) is 24.6 Å². The lowest BCUT2D eigenvalue weighted by atomic mass is 10.1. The predicted octanol–water partition coefficient (Wildman–Crippen LogP) is 3.05. The van der Waals surface area contributed by atoms with Gasteiger partial charge in [0.2, 0.25) is 5.95 Å². The largest absolute Gasteiger partial charge is 0.433 e. The van der Waals surface area contributed by atoms with E-state index in [0.29, 0.717) is 0 Å². The summed E-state index contributed by atoms with van der Waals surface area (Å²) in [6.45, 7) is 0. The third-order valence-electron chi connectivity index (χ3n) is 3.39. The summed E-state index contributed by atoms with van der Waals surface area (Å²) < 4.78 is 38.0. The summed E-state index contributed by atoms with van der Waals surface area (Å²) in [4.78, 5) is 7.02. The van der Waals surface area contributed by atoms with Crippen molar-refractivity contribution in [1.82, 2.24) is 9.97 Å². The number of nitrogen functional groups attached to an aromatic ring is 1. The third-order valence-corrected chi connectivity index (χ3v) is 3.39. The molecular weight excluding hydrogens is 281 g/mol. The molecule has 0 spiro atoms. The van der Waals surface area contributed by atoms with Gasteiger partial charge in [-0.3, -0.25) is 0 Å². The van der Waals surface area contributed by atoms with Gasteiger partial charge in [0.05, 0.1) is 0 Å². The summed E-state index contributed by atoms with van der Waals surface area (Å²) >= 11 is 0. The second-order valence-electron chi connectivity index (χ2n) is 5.00. The molecule has 0 saturated heterocycles. The van der Waals surface area contributed by atoms with E-state index in [2.05, 4.69) is 15.3 Å². The number of benzene rings is 1. The minimum atomic E-state index is -4.53. The van der Waals surface area contributed by atoms with Gasteiger partial charge in [0.1, 0.15) is 5.82 Å². The molecule has 3 N–H and O–H groups in total. The first-order valence-electron chi connectivity index (χ1n) is 6.47. The molecule has 2 atom stereocenters. The molecule has 0 amide bonds. The van der Waals surface area contributed by atoms with Crippen LogP contribution in [-0.4, -0.2) is 16.0 Å². The van der Waals surface area contributed by atoms with Crippen LogP contribution in [0.2, 0.25) is 0 Å². The van der Waals surface area contributed by atoms with Crippen LogP contribution in [0.15, 0.2) is 36.4 Å². The Hall–Kier alpha value is -2.31. The van der Waals surface area contributed by atoms with Gasteiger partial charge >= 0.3 is 6.18 Å². The molecular formula is C14H13F3N4. The summed E-state index contributed by atoms with van der Waals surface area (Å²) in [5, 5.41) is 2.99. The Morgan fingerprint density at radius 3 is 2.52 bits per heavy atom. The van der Waals surface area contributed by atoms with Crippen molar-refractivity contribution in [3.8, 4) is 0 Å². The van der Waals surface area contributed by atoms with Crippen molar-refractivity contribution in [1.29, 1.82) is 0 Å². The smallest absolute Gasteiger partial charge is 0.368 e. The van der Waals surface area contributed by atoms with E-state index in [4.69, 9.17) is 5.73 Å². The van der Waals surface area contributed by atoms with Gasteiger partial charge in [-0.15, -0.1) is 0 Å². The van der Waals surface area contributed by atoms with Crippen LogP contribution >= 0.6 is 0 Å². The fraction of sp³-hybridized carbons (Fsp3) is 0.286. The first-order valence-corrected chi connectivity index (χ1v) is 6.47. The Bertz CT molecular complexity index is 642. The van der Waals surface area contributed by atoms with Crippen LogP contribution in [-0.2, 0) is 6.18 Å². The van der Waals surface area contributed by atoms with E-state index in [9.17, 15) is 13.2 Å². The van der Waals surface area contributed by atoms with Gasteiger partial charge in [0.25, 0.3) is 0 Å². The summed E-state index contributed by atoms with van der Waals surface area (Å²) in [6.07, 6.45) is -3.68. The van der Waals surface area contributed by atoms with E-state index >= 15 is 0 Å². The monoisotopic (exact) mass is 294 g/mol. The second-order valence-corrected chi connectivity index (χ2v) is 5.00. The number of hydrogen-bond donors (Lipinski definition) is 2. The number of nitrogens with one attached hydrogen (secondary N) is 1. The van der Waals surface area contributed by atoms with E-state index in [1.807, 2.05) is 30.3 Å². The number of nitrogens with two attached hydrogens (primary N) is 1. The lowest BCUT2D eigenvalue weighted by Crippen LogP contribution is -2.14. The van der Waals surface area contributed by atoms with E-state index in [-0.39, 0.29) is 23.7 Å². The number of rotatable bonds is 3. The van der Waals surface area contributed by atoms with Crippen LogP contribution in [0, 0.1) is 0 Å². The fourth-order valence-corrected chi connectivity index (χ4v) is 2.30. The van der Waals surface area contributed by atoms with Crippen molar-refractivity contribution in [2.24, 2.45) is 0 Å². The number of nitrogens with zero attached hydrogens (tertiary/aromatic N) is 2. The topological polar surface area (TPSA) is 63.8 Å². The predicted molar refractivity (Wildman–Crippen MR) is 72.7 cm³/mol. The van der Waals surface area contributed by atoms with E-state index < -0.39 is 11.9 Å². The highest BCUT2D eigenvalue weighted by Crippen LogP contribution is 2.42. The maximum atomic E-state index is 12.7. The SMILES string of the molecule is Nc1nc(NC2CC2c2ccccc2)cc(C(F)(F)F)n1. The highest BCUT2D eigenvalue weighted by Gasteiger charge is 2.39. The normalized spacial score (nSPS) is 21.1. The number of hydrogen-bond acceptors (Lipinski definition) is 4. The van der Waals surface area contributed by atoms with Gasteiger partial charge < -0.3 is 11.1 Å². The molecule has 1 heterocycles. The van der Waals surface area contributed by atoms with Gasteiger partial charge in [0, 0.05) is 18.0 Å². The molecule has 1 fully saturated rings. The van der Waals surface area contributed by atoms with E-state index in [1.54, 1.807) is 0 Å². The Labute approximate surface area is 119 Å². The van der Waals surface area contributed by atoms with Crippen molar-refractivity contribution >= 4 is 11.8 Å². The number of halogens is 3. The average Bonchev–Trinajstić information content (AvgIpc) is 3.17. The van der Waals surface area contributed by atoms with Crippen molar-refractivity contribution in [2.75, 3.05) is 11.1 Å². The van der Waals surface area contributed by atoms with Crippen LogP contribution in [0.3, 0.4) is 0 Å². The lowest BCUT2D eigenvalue weighted by molar-refractivity contribution is -0.141. The standard InChI is InChI=1S/C14H13F3N4/c15-14(16,17)11-7-12(21-13(18)20-11)19-10-6-9(10)8-4-2-1-3-5-8/h1-5,7,9-10H,6H2,(H3,18,19,20,21). The molecule has 2 aromatic rings. The highest BCUT2D eigenvalue weighted by atomic mass is 19.4. The molecule has 1 saturated carbocycles. The fourth-order valence-electron chi connectivity index (χ4n) is 2.30. The summed E-state index contributed by atoms with van der Waals surface area (Å²) in [5.74, 6) is 0.0132. The summed E-state index contributed by atoms with van der Waals surface area (Å²) in [6, 6.07) is 10.8. The van der Waals surface area contributed by atoms with Gasteiger partial charge in [-0.05, 0) is 12.0 Å². The number of anilines is 2. The molecule has 3 rings (SSSR count). The first kappa shape index (κ1) is 13.7.